The average Bonchev–Trinajstić information content (AvgIpc) is 3.48. The Labute approximate surface area is 248 Å². The number of carbonyl (C=O) groups excluding carboxylic acids is 2. The molecule has 2 aromatic rings. The van der Waals surface area contributed by atoms with Crippen LogP contribution in [0.5, 0.6) is 0 Å². The summed E-state index contributed by atoms with van der Waals surface area (Å²) >= 11 is 0. The van der Waals surface area contributed by atoms with Crippen LogP contribution >= 0.6 is 0 Å². The zero-order valence-electron chi connectivity index (χ0n) is 25.0. The molecule has 5 atom stereocenters. The second-order valence-corrected chi connectivity index (χ2v) is 12.0. The van der Waals surface area contributed by atoms with Crippen LogP contribution in [-0.2, 0) is 22.4 Å². The molecule has 10 heteroatoms. The first kappa shape index (κ1) is 32.8. The van der Waals surface area contributed by atoms with Crippen LogP contribution < -0.4 is 16.0 Å². The van der Waals surface area contributed by atoms with Crippen LogP contribution in [0.4, 0.5) is 4.79 Å². The lowest BCUT2D eigenvalue weighted by Crippen LogP contribution is -2.64. The number of nitrogens with one attached hydrogen (secondary N) is 4. The van der Waals surface area contributed by atoms with E-state index in [1.165, 1.54) is 6.33 Å². The number of aliphatic hydroxyl groups is 1. The summed E-state index contributed by atoms with van der Waals surface area (Å²) in [6, 6.07) is 6.91. The van der Waals surface area contributed by atoms with E-state index in [1.54, 1.807) is 6.20 Å². The van der Waals surface area contributed by atoms with Gasteiger partial charge in [0, 0.05) is 19.0 Å². The quantitative estimate of drug-likeness (QED) is 0.175. The standard InChI is InChI=1S/C32H47N5O5/c1-5-23(21(2)3)17-28(38)32(4,24-14-10-7-11-15-24)37-30(40)27(18-25-19-33-20-34-25)35-29(39)26(36-31(41)42)16-22-12-8-6-9-13-22/h5-6,8-9,12-13,19-21,23-24,26-28,36,38H,1,7,10-11,14-18H2,2-4H3,(H,33,34)(H,35,39)(H,37,40)(H,41,42)/t23-,26?,27-,28-,32-/m0/s1. The Morgan fingerprint density at radius 1 is 1.07 bits per heavy atom. The Bertz CT molecular complexity index is 1150. The molecule has 1 aromatic heterocycles. The van der Waals surface area contributed by atoms with Gasteiger partial charge in [0.15, 0.2) is 0 Å². The molecule has 0 saturated heterocycles. The molecule has 1 unspecified atom stereocenters. The molecule has 6 N–H and O–H groups in total. The van der Waals surface area contributed by atoms with Gasteiger partial charge in [0.1, 0.15) is 12.1 Å². The van der Waals surface area contributed by atoms with Gasteiger partial charge in [-0.25, -0.2) is 9.78 Å². The number of H-pyrrole nitrogens is 1. The molecule has 3 rings (SSSR count). The molecule has 0 bridgehead atoms. The maximum absolute atomic E-state index is 14.0. The number of carbonyl (C=O) groups is 3. The maximum atomic E-state index is 14.0. The van der Waals surface area contributed by atoms with E-state index in [2.05, 4.69) is 46.3 Å². The summed E-state index contributed by atoms with van der Waals surface area (Å²) in [4.78, 5) is 46.2. The van der Waals surface area contributed by atoms with E-state index >= 15 is 0 Å². The largest absolute Gasteiger partial charge is 0.465 e. The van der Waals surface area contributed by atoms with Crippen molar-refractivity contribution in [1.29, 1.82) is 0 Å². The zero-order chi connectivity index (χ0) is 30.7. The molecule has 1 aromatic carbocycles. The summed E-state index contributed by atoms with van der Waals surface area (Å²) in [5, 5.41) is 29.3. The van der Waals surface area contributed by atoms with E-state index in [-0.39, 0.29) is 30.6 Å². The van der Waals surface area contributed by atoms with Crippen LogP contribution in [0.1, 0.15) is 70.6 Å². The van der Waals surface area contributed by atoms with E-state index in [9.17, 15) is 24.6 Å². The average molecular weight is 582 g/mol. The van der Waals surface area contributed by atoms with Gasteiger partial charge in [-0.2, -0.15) is 0 Å². The molecule has 0 radical (unpaired) electrons. The van der Waals surface area contributed by atoms with Crippen molar-refractivity contribution in [3.05, 3.63) is 66.8 Å². The summed E-state index contributed by atoms with van der Waals surface area (Å²) in [5.74, 6) is -0.668. The molecule has 1 fully saturated rings. The van der Waals surface area contributed by atoms with Crippen molar-refractivity contribution < 1.29 is 24.6 Å². The number of aliphatic hydroxyl groups excluding tert-OH is 1. The molecule has 0 aliphatic heterocycles. The second-order valence-electron chi connectivity index (χ2n) is 12.0. The number of carboxylic acid groups (broad SMARTS) is 1. The highest BCUT2D eigenvalue weighted by molar-refractivity contribution is 5.91. The van der Waals surface area contributed by atoms with Crippen molar-refractivity contribution in [2.45, 2.75) is 95.9 Å². The Hall–Kier alpha value is -3.66. The number of benzene rings is 1. The Morgan fingerprint density at radius 2 is 1.74 bits per heavy atom. The Balaban J connectivity index is 1.87. The number of hydrogen-bond acceptors (Lipinski definition) is 5. The number of nitrogens with zero attached hydrogens (tertiary/aromatic N) is 1. The number of allylic oxidation sites excluding steroid dienone is 1. The van der Waals surface area contributed by atoms with Crippen molar-refractivity contribution in [3.63, 3.8) is 0 Å². The highest BCUT2D eigenvalue weighted by atomic mass is 16.4. The van der Waals surface area contributed by atoms with E-state index in [4.69, 9.17) is 0 Å². The third-order valence-electron chi connectivity index (χ3n) is 8.69. The number of aromatic amines is 1. The van der Waals surface area contributed by atoms with Crippen molar-refractivity contribution in [3.8, 4) is 0 Å². The Morgan fingerprint density at radius 3 is 2.31 bits per heavy atom. The maximum Gasteiger partial charge on any atom is 0.405 e. The monoisotopic (exact) mass is 581 g/mol. The van der Waals surface area contributed by atoms with Crippen LogP contribution in [0.3, 0.4) is 0 Å². The summed E-state index contributed by atoms with van der Waals surface area (Å²) in [5.41, 5.74) is 0.396. The van der Waals surface area contributed by atoms with Crippen LogP contribution in [-0.4, -0.2) is 61.8 Å². The van der Waals surface area contributed by atoms with Gasteiger partial charge in [0.05, 0.1) is 23.7 Å². The molecule has 3 amide bonds. The first-order valence-electron chi connectivity index (χ1n) is 15.0. The second kappa shape index (κ2) is 15.5. The first-order valence-corrected chi connectivity index (χ1v) is 15.0. The molecular weight excluding hydrogens is 534 g/mol. The number of aromatic nitrogens is 2. The van der Waals surface area contributed by atoms with E-state index in [1.807, 2.05) is 43.3 Å². The van der Waals surface area contributed by atoms with E-state index < -0.39 is 41.6 Å². The van der Waals surface area contributed by atoms with E-state index in [0.29, 0.717) is 12.1 Å². The van der Waals surface area contributed by atoms with Gasteiger partial charge >= 0.3 is 6.09 Å². The minimum atomic E-state index is -1.34. The van der Waals surface area contributed by atoms with Crippen molar-refractivity contribution in [1.82, 2.24) is 25.9 Å². The highest BCUT2D eigenvalue weighted by Gasteiger charge is 2.44. The van der Waals surface area contributed by atoms with Crippen LogP contribution in [0.15, 0.2) is 55.5 Å². The van der Waals surface area contributed by atoms with Crippen LogP contribution in [0.2, 0.25) is 0 Å². The Kier molecular flexibility index (Phi) is 12.2. The fraction of sp³-hybridized carbons (Fsp3) is 0.562. The van der Waals surface area contributed by atoms with Crippen LogP contribution in [0.25, 0.3) is 0 Å². The molecule has 10 nitrogen and oxygen atoms in total. The van der Waals surface area contributed by atoms with Crippen molar-refractivity contribution in [2.75, 3.05) is 0 Å². The smallest absolute Gasteiger partial charge is 0.405 e. The molecule has 0 spiro atoms. The molecular formula is C32H47N5O5. The molecule has 42 heavy (non-hydrogen) atoms. The zero-order valence-corrected chi connectivity index (χ0v) is 25.0. The normalized spacial score (nSPS) is 18.2. The lowest BCUT2D eigenvalue weighted by Gasteiger charge is -2.45. The number of hydrogen-bond donors (Lipinski definition) is 6. The predicted octanol–water partition coefficient (Wildman–Crippen LogP) is 3.98. The first-order chi connectivity index (χ1) is 20.0. The molecule has 1 aliphatic carbocycles. The van der Waals surface area contributed by atoms with Crippen molar-refractivity contribution in [2.24, 2.45) is 17.8 Å². The van der Waals surface area contributed by atoms with E-state index in [0.717, 1.165) is 37.7 Å². The van der Waals surface area contributed by atoms with Gasteiger partial charge in [-0.3, -0.25) is 9.59 Å². The molecule has 230 valence electrons. The number of amides is 3. The third kappa shape index (κ3) is 9.17. The molecule has 1 heterocycles. The number of rotatable bonds is 15. The van der Waals surface area contributed by atoms with Gasteiger partial charge in [0.2, 0.25) is 11.8 Å². The fourth-order valence-electron chi connectivity index (χ4n) is 5.96. The summed E-state index contributed by atoms with van der Waals surface area (Å²) in [6.45, 7) is 10.0. The van der Waals surface area contributed by atoms with Crippen molar-refractivity contribution >= 4 is 17.9 Å². The highest BCUT2D eigenvalue weighted by Crippen LogP contribution is 2.37. The summed E-state index contributed by atoms with van der Waals surface area (Å²) in [6.07, 6.45) is 8.41. The predicted molar refractivity (Wildman–Crippen MR) is 162 cm³/mol. The van der Waals surface area contributed by atoms with Gasteiger partial charge in [-0.15, -0.1) is 6.58 Å². The third-order valence-corrected chi connectivity index (χ3v) is 8.69. The minimum Gasteiger partial charge on any atom is -0.465 e. The fourth-order valence-corrected chi connectivity index (χ4v) is 5.96. The minimum absolute atomic E-state index is 0.0593. The SMILES string of the molecule is C=C[C@@H](C[C@H](O)[C@@](C)(NC(=O)[C@H](Cc1c[nH]cn1)NC(=O)C(Cc1ccccc1)NC(=O)O)C1CCCCC1)C(C)C. The summed E-state index contributed by atoms with van der Waals surface area (Å²) in [7, 11) is 0. The van der Waals surface area contributed by atoms with Gasteiger partial charge < -0.3 is 31.1 Å². The van der Waals surface area contributed by atoms with Gasteiger partial charge in [-0.05, 0) is 49.5 Å². The molecule has 1 saturated carbocycles. The lowest BCUT2D eigenvalue weighted by atomic mass is 9.70. The molecule has 1 aliphatic rings. The van der Waals surface area contributed by atoms with Crippen LogP contribution in [0, 0.1) is 17.8 Å². The number of imidazole rings is 1. The van der Waals surface area contributed by atoms with Gasteiger partial charge in [0.25, 0.3) is 0 Å². The van der Waals surface area contributed by atoms with Gasteiger partial charge in [-0.1, -0.05) is 69.5 Å². The topological polar surface area (TPSA) is 156 Å². The lowest BCUT2D eigenvalue weighted by molar-refractivity contribution is -0.133. The summed E-state index contributed by atoms with van der Waals surface area (Å²) < 4.78 is 0.